The van der Waals surface area contributed by atoms with Gasteiger partial charge in [0.15, 0.2) is 0 Å². The summed E-state index contributed by atoms with van der Waals surface area (Å²) in [6.07, 6.45) is 3.05. The third-order valence-electron chi connectivity index (χ3n) is 2.24. The predicted octanol–water partition coefficient (Wildman–Crippen LogP) is 3.40. The molecule has 76 valence electrons. The zero-order valence-electron chi connectivity index (χ0n) is 8.68. The maximum absolute atomic E-state index is 6.04. The largest absolute Gasteiger partial charge is 0.330 e. The van der Waals surface area contributed by atoms with Crippen LogP contribution in [0, 0.1) is 6.92 Å². The molecule has 0 aliphatic rings. The Balaban J connectivity index is 2.91. The predicted molar refractivity (Wildman–Crippen MR) is 63.5 cm³/mol. The molecule has 0 spiro atoms. The molecule has 14 heavy (non-hydrogen) atoms. The van der Waals surface area contributed by atoms with E-state index >= 15 is 0 Å². The van der Waals surface area contributed by atoms with Crippen LogP contribution in [0.2, 0.25) is 5.02 Å². The van der Waals surface area contributed by atoms with Crippen molar-refractivity contribution in [2.45, 2.75) is 20.3 Å². The van der Waals surface area contributed by atoms with Crippen molar-refractivity contribution in [2.75, 3.05) is 6.54 Å². The molecule has 0 heterocycles. The van der Waals surface area contributed by atoms with Crippen LogP contribution in [0.1, 0.15) is 24.5 Å². The van der Waals surface area contributed by atoms with Crippen LogP contribution in [0.3, 0.4) is 0 Å². The van der Waals surface area contributed by atoms with E-state index in [1.165, 1.54) is 11.1 Å². The summed E-state index contributed by atoms with van der Waals surface area (Å²) in [4.78, 5) is 0. The molecule has 0 unspecified atom stereocenters. The molecule has 1 aromatic carbocycles. The summed E-state index contributed by atoms with van der Waals surface area (Å²) >= 11 is 6.04. The number of allylic oxidation sites excluding steroid dienone is 1. The zero-order chi connectivity index (χ0) is 10.6. The van der Waals surface area contributed by atoms with E-state index in [1.807, 2.05) is 19.1 Å². The van der Waals surface area contributed by atoms with Crippen LogP contribution in [0.15, 0.2) is 24.3 Å². The van der Waals surface area contributed by atoms with Gasteiger partial charge in [-0.1, -0.05) is 29.8 Å². The summed E-state index contributed by atoms with van der Waals surface area (Å²) in [7, 11) is 0. The molecule has 1 aromatic rings. The first-order valence-corrected chi connectivity index (χ1v) is 5.16. The van der Waals surface area contributed by atoms with Crippen molar-refractivity contribution in [2.24, 2.45) is 5.73 Å². The fourth-order valence-electron chi connectivity index (χ4n) is 1.26. The minimum Gasteiger partial charge on any atom is -0.330 e. The van der Waals surface area contributed by atoms with E-state index in [4.69, 9.17) is 17.3 Å². The van der Waals surface area contributed by atoms with E-state index in [2.05, 4.69) is 19.1 Å². The maximum Gasteiger partial charge on any atom is 0.0441 e. The quantitative estimate of drug-likeness (QED) is 0.812. The van der Waals surface area contributed by atoms with Gasteiger partial charge in [-0.25, -0.2) is 0 Å². The average Bonchev–Trinajstić information content (AvgIpc) is 2.18. The van der Waals surface area contributed by atoms with Crippen LogP contribution in [0.25, 0.3) is 5.57 Å². The zero-order valence-corrected chi connectivity index (χ0v) is 9.43. The van der Waals surface area contributed by atoms with E-state index in [-0.39, 0.29) is 0 Å². The summed E-state index contributed by atoms with van der Waals surface area (Å²) < 4.78 is 0. The van der Waals surface area contributed by atoms with Crippen LogP contribution in [0.4, 0.5) is 0 Å². The van der Waals surface area contributed by atoms with Crippen molar-refractivity contribution in [3.8, 4) is 0 Å². The Morgan fingerprint density at radius 1 is 1.50 bits per heavy atom. The van der Waals surface area contributed by atoms with Gasteiger partial charge in [0.2, 0.25) is 0 Å². The Morgan fingerprint density at radius 2 is 2.21 bits per heavy atom. The molecule has 1 rings (SSSR count). The SMILES string of the molecule is C/C(=C/CCN)c1ccc(C)c(Cl)c1. The Hall–Kier alpha value is -0.790. The fraction of sp³-hybridized carbons (Fsp3) is 0.333. The van der Waals surface area contributed by atoms with Crippen LogP contribution in [-0.4, -0.2) is 6.54 Å². The number of aryl methyl sites for hydroxylation is 1. The van der Waals surface area contributed by atoms with Gasteiger partial charge in [0, 0.05) is 5.02 Å². The van der Waals surface area contributed by atoms with Crippen molar-refractivity contribution in [1.29, 1.82) is 0 Å². The molecule has 1 nitrogen and oxygen atoms in total. The summed E-state index contributed by atoms with van der Waals surface area (Å²) in [6.45, 7) is 4.78. The number of rotatable bonds is 3. The molecule has 0 fully saturated rings. The topological polar surface area (TPSA) is 26.0 Å². The molecule has 0 bridgehead atoms. The third kappa shape index (κ3) is 2.86. The first-order chi connectivity index (χ1) is 6.65. The Labute approximate surface area is 90.6 Å². The minimum atomic E-state index is 0.691. The number of halogens is 1. The molecule has 2 N–H and O–H groups in total. The number of benzene rings is 1. The first-order valence-electron chi connectivity index (χ1n) is 4.78. The van der Waals surface area contributed by atoms with Crippen LogP contribution in [0.5, 0.6) is 0 Å². The molecule has 0 radical (unpaired) electrons. The average molecular weight is 210 g/mol. The molecule has 0 aliphatic carbocycles. The van der Waals surface area contributed by atoms with Crippen molar-refractivity contribution in [3.63, 3.8) is 0 Å². The Morgan fingerprint density at radius 3 is 2.79 bits per heavy atom. The lowest BCUT2D eigenvalue weighted by Gasteiger charge is -2.04. The molecule has 0 atom stereocenters. The lowest BCUT2D eigenvalue weighted by Crippen LogP contribution is -1.95. The Kier molecular flexibility index (Phi) is 4.18. The van der Waals surface area contributed by atoms with Crippen molar-refractivity contribution >= 4 is 17.2 Å². The number of hydrogen-bond donors (Lipinski definition) is 1. The highest BCUT2D eigenvalue weighted by Crippen LogP contribution is 2.21. The monoisotopic (exact) mass is 209 g/mol. The first kappa shape index (κ1) is 11.3. The molecule has 0 amide bonds. The van der Waals surface area contributed by atoms with Gasteiger partial charge in [-0.15, -0.1) is 0 Å². The lowest BCUT2D eigenvalue weighted by molar-refractivity contribution is 1.01. The van der Waals surface area contributed by atoms with Crippen molar-refractivity contribution in [3.05, 3.63) is 40.4 Å². The highest BCUT2D eigenvalue weighted by Gasteiger charge is 1.98. The normalized spacial score (nSPS) is 11.9. The maximum atomic E-state index is 6.04. The van der Waals surface area contributed by atoms with Gasteiger partial charge in [-0.05, 0) is 49.6 Å². The van der Waals surface area contributed by atoms with E-state index in [0.29, 0.717) is 6.54 Å². The minimum absolute atomic E-state index is 0.691. The van der Waals surface area contributed by atoms with E-state index in [0.717, 1.165) is 17.0 Å². The van der Waals surface area contributed by atoms with Gasteiger partial charge in [-0.2, -0.15) is 0 Å². The fourth-order valence-corrected chi connectivity index (χ4v) is 1.44. The summed E-state index contributed by atoms with van der Waals surface area (Å²) in [5.41, 5.74) is 8.96. The van der Waals surface area contributed by atoms with Crippen LogP contribution >= 0.6 is 11.6 Å². The van der Waals surface area contributed by atoms with Gasteiger partial charge < -0.3 is 5.73 Å². The molecule has 0 aliphatic heterocycles. The lowest BCUT2D eigenvalue weighted by atomic mass is 10.0. The molecular weight excluding hydrogens is 194 g/mol. The van der Waals surface area contributed by atoms with Crippen LogP contribution in [-0.2, 0) is 0 Å². The van der Waals surface area contributed by atoms with E-state index in [9.17, 15) is 0 Å². The summed E-state index contributed by atoms with van der Waals surface area (Å²) in [5, 5.41) is 0.822. The second-order valence-corrected chi connectivity index (χ2v) is 3.84. The van der Waals surface area contributed by atoms with Gasteiger partial charge >= 0.3 is 0 Å². The summed E-state index contributed by atoms with van der Waals surface area (Å²) in [6, 6.07) is 6.13. The van der Waals surface area contributed by atoms with Crippen molar-refractivity contribution < 1.29 is 0 Å². The number of nitrogens with two attached hydrogens (primary N) is 1. The van der Waals surface area contributed by atoms with E-state index < -0.39 is 0 Å². The molecule has 0 aromatic heterocycles. The molecular formula is C12H16ClN. The van der Waals surface area contributed by atoms with Gasteiger partial charge in [-0.3, -0.25) is 0 Å². The smallest absolute Gasteiger partial charge is 0.0441 e. The second-order valence-electron chi connectivity index (χ2n) is 3.43. The third-order valence-corrected chi connectivity index (χ3v) is 2.65. The van der Waals surface area contributed by atoms with E-state index in [1.54, 1.807) is 0 Å². The number of hydrogen-bond acceptors (Lipinski definition) is 1. The molecule has 2 heteroatoms. The summed E-state index contributed by atoms with van der Waals surface area (Å²) in [5.74, 6) is 0. The highest BCUT2D eigenvalue weighted by molar-refractivity contribution is 6.31. The van der Waals surface area contributed by atoms with Gasteiger partial charge in [0.1, 0.15) is 0 Å². The van der Waals surface area contributed by atoms with Gasteiger partial charge in [0.25, 0.3) is 0 Å². The molecule has 0 saturated heterocycles. The highest BCUT2D eigenvalue weighted by atomic mass is 35.5. The second kappa shape index (κ2) is 5.18. The van der Waals surface area contributed by atoms with Crippen molar-refractivity contribution in [1.82, 2.24) is 0 Å². The van der Waals surface area contributed by atoms with Crippen LogP contribution < -0.4 is 5.73 Å². The Bertz CT molecular complexity index is 342. The molecule has 0 saturated carbocycles. The standard InChI is InChI=1S/C12H16ClN/c1-9(4-3-7-14)11-6-5-10(2)12(13)8-11/h4-6,8H,3,7,14H2,1-2H3/b9-4-. The van der Waals surface area contributed by atoms with Gasteiger partial charge in [0.05, 0.1) is 0 Å².